The number of para-hydroxylation sites is 1. The average molecular weight is 333 g/mol. The van der Waals surface area contributed by atoms with Gasteiger partial charge in [0.05, 0.1) is 0 Å². The molecule has 0 aliphatic heterocycles. The third-order valence-corrected chi connectivity index (χ3v) is 3.50. The van der Waals surface area contributed by atoms with Crippen LogP contribution < -0.4 is 4.74 Å². The normalized spacial score (nSPS) is 10.4. The summed E-state index contributed by atoms with van der Waals surface area (Å²) in [5.74, 6) is 0.488. The van der Waals surface area contributed by atoms with Gasteiger partial charge >= 0.3 is 11.8 Å². The van der Waals surface area contributed by atoms with Gasteiger partial charge in [0.1, 0.15) is 25.1 Å². The molecule has 1 aromatic heterocycles. The minimum Gasteiger partial charge on any atom is -0.482 e. The third-order valence-electron chi connectivity index (χ3n) is 3.50. The van der Waals surface area contributed by atoms with E-state index < -0.39 is 10.9 Å². The predicted molar refractivity (Wildman–Crippen MR) is 85.9 cm³/mol. The van der Waals surface area contributed by atoms with Crippen molar-refractivity contribution in [2.45, 2.75) is 26.8 Å². The highest BCUT2D eigenvalue weighted by molar-refractivity contribution is 5.71. The molecule has 0 saturated heterocycles. The van der Waals surface area contributed by atoms with E-state index in [1.165, 1.54) is 10.8 Å². The Hall–Kier alpha value is -2.90. The number of nitro groups is 1. The first-order valence-electron chi connectivity index (χ1n) is 7.55. The van der Waals surface area contributed by atoms with Crippen LogP contribution in [0.1, 0.15) is 18.3 Å². The van der Waals surface area contributed by atoms with Gasteiger partial charge in [0, 0.05) is 6.92 Å². The summed E-state index contributed by atoms with van der Waals surface area (Å²) in [6.07, 6.45) is 1.98. The van der Waals surface area contributed by atoms with E-state index >= 15 is 0 Å². The van der Waals surface area contributed by atoms with Crippen molar-refractivity contribution in [1.29, 1.82) is 0 Å². The molecule has 0 unspecified atom stereocenters. The van der Waals surface area contributed by atoms with Crippen molar-refractivity contribution in [3.8, 4) is 5.75 Å². The lowest BCUT2D eigenvalue weighted by Crippen LogP contribution is -2.19. The number of hydrogen-bond acceptors (Lipinski definition) is 6. The molecule has 0 radical (unpaired) electrons. The predicted octanol–water partition coefficient (Wildman–Crippen LogP) is 2.28. The Bertz CT molecular complexity index is 726. The zero-order valence-electron chi connectivity index (χ0n) is 13.6. The number of nitrogens with zero attached hydrogens (tertiary/aromatic N) is 3. The van der Waals surface area contributed by atoms with Gasteiger partial charge in [-0.25, -0.2) is 14.3 Å². The van der Waals surface area contributed by atoms with Gasteiger partial charge in [0.25, 0.3) is 0 Å². The van der Waals surface area contributed by atoms with Crippen molar-refractivity contribution in [1.82, 2.24) is 9.55 Å². The van der Waals surface area contributed by atoms with Gasteiger partial charge in [-0.3, -0.25) is 0 Å². The second kappa shape index (κ2) is 8.09. The Kier molecular flexibility index (Phi) is 5.89. The molecule has 0 fully saturated rings. The van der Waals surface area contributed by atoms with Crippen LogP contribution in [0.4, 0.5) is 5.82 Å². The second-order valence-electron chi connectivity index (χ2n) is 5.04. The van der Waals surface area contributed by atoms with E-state index in [9.17, 15) is 14.9 Å². The number of imidazole rings is 1. The quantitative estimate of drug-likeness (QED) is 0.418. The Balaban J connectivity index is 1.82. The fraction of sp³-hybridized carbons (Fsp3) is 0.375. The summed E-state index contributed by atoms with van der Waals surface area (Å²) in [5.41, 5.74) is 1.01. The van der Waals surface area contributed by atoms with Crippen molar-refractivity contribution in [2.75, 3.05) is 13.2 Å². The van der Waals surface area contributed by atoms with Gasteiger partial charge in [-0.1, -0.05) is 25.1 Å². The van der Waals surface area contributed by atoms with Gasteiger partial charge in [0.15, 0.2) is 12.4 Å². The van der Waals surface area contributed by atoms with Crippen LogP contribution in [0.5, 0.6) is 5.75 Å². The molecule has 8 heteroatoms. The molecular weight excluding hydrogens is 314 g/mol. The lowest BCUT2D eigenvalue weighted by atomic mass is 10.1. The molecule has 24 heavy (non-hydrogen) atoms. The van der Waals surface area contributed by atoms with Crippen LogP contribution in [0.15, 0.2) is 30.5 Å². The van der Waals surface area contributed by atoms with Gasteiger partial charge < -0.3 is 19.6 Å². The summed E-state index contributed by atoms with van der Waals surface area (Å²) in [7, 11) is 0. The monoisotopic (exact) mass is 333 g/mol. The summed E-state index contributed by atoms with van der Waals surface area (Å²) in [6.45, 7) is 3.62. The molecule has 0 saturated carbocycles. The molecule has 0 aliphatic carbocycles. The highest BCUT2D eigenvalue weighted by Gasteiger charge is 2.17. The number of aromatic nitrogens is 2. The Labute approximate surface area is 139 Å². The largest absolute Gasteiger partial charge is 0.482 e. The minimum atomic E-state index is -0.527. The number of carbonyl (C=O) groups excluding carboxylic acids is 1. The van der Waals surface area contributed by atoms with Crippen LogP contribution in [-0.2, 0) is 22.5 Å². The molecule has 8 nitrogen and oxygen atoms in total. The van der Waals surface area contributed by atoms with E-state index in [0.29, 0.717) is 11.6 Å². The molecule has 0 aliphatic rings. The Morgan fingerprint density at radius 3 is 2.83 bits per heavy atom. The molecule has 0 amide bonds. The van der Waals surface area contributed by atoms with Crippen LogP contribution in [-0.4, -0.2) is 33.7 Å². The zero-order chi connectivity index (χ0) is 17.5. The van der Waals surface area contributed by atoms with Crippen LogP contribution in [0.3, 0.4) is 0 Å². The SMILES string of the molecule is CCc1ccccc1OCC(=O)OCCn1c([N+](=O)[O-])cnc1C. The number of aryl methyl sites for hydroxylation is 2. The molecule has 128 valence electrons. The standard InChI is InChI=1S/C16H19N3O5/c1-3-13-6-4-5-7-14(13)24-11-16(20)23-9-8-18-12(2)17-10-15(18)19(21)22/h4-7,10H,3,8-9,11H2,1-2H3. The maximum atomic E-state index is 11.7. The molecule has 2 rings (SSSR count). The molecule has 1 aromatic carbocycles. The lowest BCUT2D eigenvalue weighted by Gasteiger charge is -2.10. The summed E-state index contributed by atoms with van der Waals surface area (Å²) < 4.78 is 11.9. The lowest BCUT2D eigenvalue weighted by molar-refractivity contribution is -0.392. The van der Waals surface area contributed by atoms with E-state index in [1.54, 1.807) is 13.0 Å². The maximum absolute atomic E-state index is 11.7. The fourth-order valence-corrected chi connectivity index (χ4v) is 2.24. The first kappa shape index (κ1) is 17.5. The van der Waals surface area contributed by atoms with Crippen molar-refractivity contribution in [2.24, 2.45) is 0 Å². The number of carbonyl (C=O) groups is 1. The van der Waals surface area contributed by atoms with E-state index in [0.717, 1.165) is 12.0 Å². The molecule has 0 atom stereocenters. The molecule has 0 spiro atoms. The van der Waals surface area contributed by atoms with Gasteiger partial charge in [-0.2, -0.15) is 0 Å². The molecule has 2 aromatic rings. The number of esters is 1. The average Bonchev–Trinajstić information content (AvgIpc) is 2.94. The fourth-order valence-electron chi connectivity index (χ4n) is 2.24. The van der Waals surface area contributed by atoms with Gasteiger partial charge in [-0.15, -0.1) is 0 Å². The summed E-state index contributed by atoms with van der Waals surface area (Å²) in [5, 5.41) is 10.9. The van der Waals surface area contributed by atoms with Crippen molar-refractivity contribution < 1.29 is 19.2 Å². The molecule has 0 bridgehead atoms. The second-order valence-corrected chi connectivity index (χ2v) is 5.04. The summed E-state index contributed by atoms with van der Waals surface area (Å²) >= 11 is 0. The topological polar surface area (TPSA) is 96.5 Å². The smallest absolute Gasteiger partial charge is 0.344 e. The maximum Gasteiger partial charge on any atom is 0.344 e. The van der Waals surface area contributed by atoms with Crippen molar-refractivity contribution in [3.05, 3.63) is 52.0 Å². The number of rotatable bonds is 8. The van der Waals surface area contributed by atoms with Crippen LogP contribution in [0.2, 0.25) is 0 Å². The first-order chi connectivity index (χ1) is 11.5. The highest BCUT2D eigenvalue weighted by Crippen LogP contribution is 2.18. The minimum absolute atomic E-state index is 0.00958. The van der Waals surface area contributed by atoms with Crippen LogP contribution in [0.25, 0.3) is 0 Å². The zero-order valence-corrected chi connectivity index (χ0v) is 13.6. The number of ether oxygens (including phenoxy) is 2. The number of hydrogen-bond donors (Lipinski definition) is 0. The van der Waals surface area contributed by atoms with Crippen LogP contribution in [0, 0.1) is 17.0 Å². The molecule has 1 heterocycles. The van der Waals surface area contributed by atoms with E-state index in [4.69, 9.17) is 9.47 Å². The third kappa shape index (κ3) is 4.31. The van der Waals surface area contributed by atoms with Gasteiger partial charge in [0.2, 0.25) is 0 Å². The molecule has 0 N–H and O–H groups in total. The number of benzene rings is 1. The van der Waals surface area contributed by atoms with Crippen molar-refractivity contribution in [3.63, 3.8) is 0 Å². The van der Waals surface area contributed by atoms with E-state index in [1.807, 2.05) is 25.1 Å². The van der Waals surface area contributed by atoms with Crippen LogP contribution >= 0.6 is 0 Å². The highest BCUT2D eigenvalue weighted by atomic mass is 16.6. The van der Waals surface area contributed by atoms with Gasteiger partial charge in [-0.05, 0) is 23.0 Å². The van der Waals surface area contributed by atoms with E-state index in [2.05, 4.69) is 4.98 Å². The Morgan fingerprint density at radius 1 is 1.38 bits per heavy atom. The van der Waals surface area contributed by atoms with Crippen molar-refractivity contribution >= 4 is 11.8 Å². The Morgan fingerprint density at radius 2 is 2.12 bits per heavy atom. The summed E-state index contributed by atoms with van der Waals surface area (Å²) in [6, 6.07) is 7.47. The molecular formula is C16H19N3O5. The van der Waals surface area contributed by atoms with E-state index in [-0.39, 0.29) is 25.6 Å². The first-order valence-corrected chi connectivity index (χ1v) is 7.55. The summed E-state index contributed by atoms with van der Waals surface area (Å²) in [4.78, 5) is 26.0.